The maximum absolute atomic E-state index is 10.7. The number of carboxylic acids is 1. The average Bonchev–Trinajstić information content (AvgIpc) is 2.69. The summed E-state index contributed by atoms with van der Waals surface area (Å²) >= 11 is 3.53. The first-order chi connectivity index (χ1) is 9.47. The van der Waals surface area contributed by atoms with Gasteiger partial charge >= 0.3 is 5.97 Å². The highest BCUT2D eigenvalue weighted by molar-refractivity contribution is 9.10. The van der Waals surface area contributed by atoms with Crippen LogP contribution in [0.15, 0.2) is 34.9 Å². The van der Waals surface area contributed by atoms with E-state index < -0.39 is 5.97 Å². The van der Waals surface area contributed by atoms with Gasteiger partial charge in [0, 0.05) is 35.4 Å². The molecule has 0 aliphatic rings. The summed E-state index contributed by atoms with van der Waals surface area (Å²) in [5.74, 6) is -0.834. The van der Waals surface area contributed by atoms with Crippen LogP contribution in [0.4, 0.5) is 0 Å². The lowest BCUT2D eigenvalue weighted by Gasteiger charge is -2.13. The predicted molar refractivity (Wildman–Crippen MR) is 80.3 cm³/mol. The average molecular weight is 338 g/mol. The molecule has 0 unspecified atom stereocenters. The Kier molecular flexibility index (Phi) is 4.57. The van der Waals surface area contributed by atoms with E-state index >= 15 is 0 Å². The molecule has 0 spiro atoms. The van der Waals surface area contributed by atoms with Crippen LogP contribution < -0.4 is 0 Å². The summed E-state index contributed by atoms with van der Waals surface area (Å²) in [6, 6.07) is 7.87. The zero-order valence-electron chi connectivity index (χ0n) is 11.4. The number of rotatable bonds is 5. The fourth-order valence-electron chi connectivity index (χ4n) is 2.11. The molecule has 2 rings (SSSR count). The van der Waals surface area contributed by atoms with Crippen LogP contribution in [0.5, 0.6) is 0 Å². The highest BCUT2D eigenvalue weighted by atomic mass is 79.9. The summed E-state index contributed by atoms with van der Waals surface area (Å²) in [6.45, 7) is 0.543. The molecule has 0 radical (unpaired) electrons. The molecule has 0 aliphatic heterocycles. The van der Waals surface area contributed by atoms with Crippen molar-refractivity contribution in [2.45, 2.75) is 6.54 Å². The van der Waals surface area contributed by atoms with Crippen molar-refractivity contribution < 1.29 is 9.90 Å². The topological polar surface area (TPSA) is 58.4 Å². The van der Waals surface area contributed by atoms with E-state index in [0.29, 0.717) is 6.54 Å². The lowest BCUT2D eigenvalue weighted by molar-refractivity contribution is -0.138. The molecule has 0 fully saturated rings. The van der Waals surface area contributed by atoms with Crippen molar-refractivity contribution in [2.24, 2.45) is 7.05 Å². The molecule has 0 saturated carbocycles. The molecular formula is C14H16BrN3O2. The minimum Gasteiger partial charge on any atom is -0.480 e. The Morgan fingerprint density at radius 3 is 2.80 bits per heavy atom. The van der Waals surface area contributed by atoms with Gasteiger partial charge in [-0.1, -0.05) is 34.1 Å². The van der Waals surface area contributed by atoms with E-state index in [2.05, 4.69) is 21.0 Å². The number of carboxylic acid groups (broad SMARTS) is 1. The number of hydrogen-bond acceptors (Lipinski definition) is 3. The van der Waals surface area contributed by atoms with Crippen LogP contribution >= 0.6 is 15.9 Å². The molecule has 6 heteroatoms. The second-order valence-electron chi connectivity index (χ2n) is 4.72. The van der Waals surface area contributed by atoms with Crippen molar-refractivity contribution in [1.82, 2.24) is 14.7 Å². The van der Waals surface area contributed by atoms with Gasteiger partial charge < -0.3 is 5.11 Å². The summed E-state index contributed by atoms with van der Waals surface area (Å²) in [4.78, 5) is 12.5. The standard InChI is InChI=1S/C14H16BrN3O2/c1-17(9-13(19)20)7-10-8-18(2)16-14(10)11-5-3-4-6-12(11)15/h3-6,8H,7,9H2,1-2H3,(H,19,20). The van der Waals surface area contributed by atoms with Crippen molar-refractivity contribution >= 4 is 21.9 Å². The third-order valence-corrected chi connectivity index (χ3v) is 3.57. The third kappa shape index (κ3) is 3.46. The van der Waals surface area contributed by atoms with Crippen molar-refractivity contribution in [3.63, 3.8) is 0 Å². The van der Waals surface area contributed by atoms with Gasteiger partial charge in [0.05, 0.1) is 12.2 Å². The van der Waals surface area contributed by atoms with E-state index in [0.717, 1.165) is 21.3 Å². The number of hydrogen-bond donors (Lipinski definition) is 1. The summed E-state index contributed by atoms with van der Waals surface area (Å²) in [5, 5.41) is 13.3. The van der Waals surface area contributed by atoms with Crippen LogP contribution in [0.1, 0.15) is 5.56 Å². The van der Waals surface area contributed by atoms with Gasteiger partial charge in [-0.2, -0.15) is 5.10 Å². The largest absolute Gasteiger partial charge is 0.480 e. The van der Waals surface area contributed by atoms with Gasteiger partial charge in [-0.15, -0.1) is 0 Å². The number of benzene rings is 1. The first kappa shape index (κ1) is 14.7. The molecule has 2 aromatic rings. The Bertz CT molecular complexity index is 625. The number of aliphatic carboxylic acids is 1. The Hall–Kier alpha value is -1.66. The van der Waals surface area contributed by atoms with Crippen LogP contribution in [0.25, 0.3) is 11.3 Å². The molecule has 0 amide bonds. The molecule has 20 heavy (non-hydrogen) atoms. The molecule has 1 N–H and O–H groups in total. The van der Waals surface area contributed by atoms with E-state index in [4.69, 9.17) is 5.11 Å². The zero-order valence-corrected chi connectivity index (χ0v) is 13.0. The second-order valence-corrected chi connectivity index (χ2v) is 5.58. The van der Waals surface area contributed by atoms with Crippen LogP contribution in [0.2, 0.25) is 0 Å². The maximum atomic E-state index is 10.7. The smallest absolute Gasteiger partial charge is 0.317 e. The molecular weight excluding hydrogens is 322 g/mol. The highest BCUT2D eigenvalue weighted by Crippen LogP contribution is 2.29. The van der Waals surface area contributed by atoms with Gasteiger partial charge in [-0.3, -0.25) is 14.4 Å². The van der Waals surface area contributed by atoms with Gasteiger partial charge in [0.1, 0.15) is 0 Å². The normalized spacial score (nSPS) is 11.0. The van der Waals surface area contributed by atoms with Crippen LogP contribution in [0, 0.1) is 0 Å². The number of carbonyl (C=O) groups is 1. The van der Waals surface area contributed by atoms with E-state index in [9.17, 15) is 4.79 Å². The van der Waals surface area contributed by atoms with Gasteiger partial charge in [-0.25, -0.2) is 0 Å². The van der Waals surface area contributed by atoms with Gasteiger partial charge in [0.15, 0.2) is 0 Å². The van der Waals surface area contributed by atoms with Crippen molar-refractivity contribution in [3.05, 3.63) is 40.5 Å². The highest BCUT2D eigenvalue weighted by Gasteiger charge is 2.15. The van der Waals surface area contributed by atoms with Crippen molar-refractivity contribution in [3.8, 4) is 11.3 Å². The summed E-state index contributed by atoms with van der Waals surface area (Å²) < 4.78 is 2.72. The van der Waals surface area contributed by atoms with E-state index in [1.807, 2.05) is 37.5 Å². The number of halogens is 1. The molecule has 106 valence electrons. The lowest BCUT2D eigenvalue weighted by Crippen LogP contribution is -2.25. The summed E-state index contributed by atoms with van der Waals surface area (Å²) in [6.07, 6.45) is 1.92. The van der Waals surface area contributed by atoms with Crippen molar-refractivity contribution in [1.29, 1.82) is 0 Å². The van der Waals surface area contributed by atoms with E-state index in [1.54, 1.807) is 16.6 Å². The van der Waals surface area contributed by atoms with E-state index in [1.165, 1.54) is 0 Å². The Morgan fingerprint density at radius 2 is 2.15 bits per heavy atom. The Morgan fingerprint density at radius 1 is 1.45 bits per heavy atom. The Balaban J connectivity index is 2.31. The molecule has 0 bridgehead atoms. The minimum atomic E-state index is -0.834. The number of likely N-dealkylation sites (N-methyl/N-ethyl adjacent to an activating group) is 1. The van der Waals surface area contributed by atoms with Crippen molar-refractivity contribution in [2.75, 3.05) is 13.6 Å². The number of aromatic nitrogens is 2. The maximum Gasteiger partial charge on any atom is 0.317 e. The molecule has 1 heterocycles. The van der Waals surface area contributed by atoms with Crippen LogP contribution in [-0.2, 0) is 18.4 Å². The predicted octanol–water partition coefficient (Wildman–Crippen LogP) is 2.37. The molecule has 1 aromatic heterocycles. The van der Waals surface area contributed by atoms with Crippen LogP contribution in [0.3, 0.4) is 0 Å². The van der Waals surface area contributed by atoms with Crippen LogP contribution in [-0.4, -0.2) is 39.3 Å². The first-order valence-corrected chi connectivity index (χ1v) is 6.94. The zero-order chi connectivity index (χ0) is 14.7. The molecule has 0 aliphatic carbocycles. The molecule has 1 aromatic carbocycles. The number of aryl methyl sites for hydroxylation is 1. The second kappa shape index (κ2) is 6.19. The number of nitrogens with zero attached hydrogens (tertiary/aromatic N) is 3. The fourth-order valence-corrected chi connectivity index (χ4v) is 2.58. The molecule has 0 atom stereocenters. The monoisotopic (exact) mass is 337 g/mol. The minimum absolute atomic E-state index is 0.00426. The molecule has 5 nitrogen and oxygen atoms in total. The third-order valence-electron chi connectivity index (χ3n) is 2.88. The quantitative estimate of drug-likeness (QED) is 0.909. The fraction of sp³-hybridized carbons (Fsp3) is 0.286. The summed E-state index contributed by atoms with van der Waals surface area (Å²) in [7, 11) is 3.64. The summed E-state index contributed by atoms with van der Waals surface area (Å²) in [5.41, 5.74) is 2.88. The SMILES string of the molecule is CN(CC(=O)O)Cc1cn(C)nc1-c1ccccc1Br. The van der Waals surface area contributed by atoms with E-state index in [-0.39, 0.29) is 6.54 Å². The van der Waals surface area contributed by atoms with Gasteiger partial charge in [-0.05, 0) is 13.1 Å². The lowest BCUT2D eigenvalue weighted by atomic mass is 10.1. The van der Waals surface area contributed by atoms with Gasteiger partial charge in [0.2, 0.25) is 0 Å². The molecule has 0 saturated heterocycles. The Labute approximate surface area is 126 Å². The first-order valence-electron chi connectivity index (χ1n) is 6.15. The van der Waals surface area contributed by atoms with Gasteiger partial charge in [0.25, 0.3) is 0 Å².